The number of carboxylic acids is 1. The van der Waals surface area contributed by atoms with Crippen LogP contribution in [0.1, 0.15) is 10.5 Å². The predicted molar refractivity (Wildman–Crippen MR) is 68.6 cm³/mol. The summed E-state index contributed by atoms with van der Waals surface area (Å²) in [4.78, 5) is 18.6. The van der Waals surface area contributed by atoms with E-state index in [9.17, 15) is 4.79 Å². The quantitative estimate of drug-likeness (QED) is 0.892. The molecule has 0 saturated carbocycles. The Morgan fingerprint density at radius 3 is 2.10 bits per heavy atom. The van der Waals surface area contributed by atoms with Gasteiger partial charge < -0.3 is 19.3 Å². The number of hydrogen-bond donors (Lipinski definition) is 1. The molecule has 1 aromatic carbocycles. The van der Waals surface area contributed by atoms with Gasteiger partial charge in [-0.2, -0.15) is 0 Å². The Labute approximate surface area is 114 Å². The minimum atomic E-state index is -1.22. The highest BCUT2D eigenvalue weighted by Crippen LogP contribution is 2.30. The van der Waals surface area contributed by atoms with Crippen LogP contribution < -0.4 is 14.2 Å². The van der Waals surface area contributed by atoms with Crippen molar-refractivity contribution in [1.82, 2.24) is 9.97 Å². The van der Waals surface area contributed by atoms with Gasteiger partial charge in [0.15, 0.2) is 0 Å². The number of carboxylic acid groups (broad SMARTS) is 1. The second kappa shape index (κ2) is 5.87. The van der Waals surface area contributed by atoms with Gasteiger partial charge in [-0.3, -0.25) is 0 Å². The van der Waals surface area contributed by atoms with Gasteiger partial charge in [0.05, 0.1) is 14.2 Å². The highest BCUT2D eigenvalue weighted by Gasteiger charge is 2.15. The lowest BCUT2D eigenvalue weighted by atomic mass is 10.3. The summed E-state index contributed by atoms with van der Waals surface area (Å²) in [5, 5.41) is 9.01. The number of aromatic carboxylic acids is 1. The maximum Gasteiger partial charge on any atom is 0.360 e. The molecule has 0 aliphatic carbocycles. The third kappa shape index (κ3) is 2.94. The molecule has 0 radical (unpaired) electrons. The molecule has 0 saturated heterocycles. The first-order valence-corrected chi connectivity index (χ1v) is 5.59. The van der Waals surface area contributed by atoms with Crippen molar-refractivity contribution in [2.24, 2.45) is 0 Å². The number of benzene rings is 1. The van der Waals surface area contributed by atoms with E-state index in [1.807, 2.05) is 0 Å². The normalized spacial score (nSPS) is 9.90. The number of ether oxygens (including phenoxy) is 3. The van der Waals surface area contributed by atoms with E-state index >= 15 is 0 Å². The van der Waals surface area contributed by atoms with Crippen molar-refractivity contribution >= 4 is 5.97 Å². The Morgan fingerprint density at radius 1 is 1.00 bits per heavy atom. The average molecular weight is 276 g/mol. The Hall–Kier alpha value is -2.83. The topological polar surface area (TPSA) is 90.8 Å². The first kappa shape index (κ1) is 13.6. The highest BCUT2D eigenvalue weighted by molar-refractivity contribution is 5.87. The zero-order valence-corrected chi connectivity index (χ0v) is 10.9. The summed E-state index contributed by atoms with van der Waals surface area (Å²) < 4.78 is 15.6. The van der Waals surface area contributed by atoms with E-state index < -0.39 is 5.97 Å². The van der Waals surface area contributed by atoms with Crippen molar-refractivity contribution in [1.29, 1.82) is 0 Å². The summed E-state index contributed by atoms with van der Waals surface area (Å²) in [6, 6.07) is 4.84. The largest absolute Gasteiger partial charge is 0.496 e. The molecule has 0 aliphatic heterocycles. The summed E-state index contributed by atoms with van der Waals surface area (Å²) in [6.07, 6.45) is 2.63. The maximum atomic E-state index is 11.0. The van der Waals surface area contributed by atoms with E-state index in [-0.39, 0.29) is 11.6 Å². The molecule has 2 rings (SSSR count). The molecular weight excluding hydrogens is 264 g/mol. The summed E-state index contributed by atoms with van der Waals surface area (Å²) in [6.45, 7) is 0. The summed E-state index contributed by atoms with van der Waals surface area (Å²) in [7, 11) is 3.01. The SMILES string of the molecule is COc1cc(OC)cc(Oc2nccnc2C(=O)O)c1. The lowest BCUT2D eigenvalue weighted by Gasteiger charge is -2.10. The fourth-order valence-corrected chi connectivity index (χ4v) is 1.50. The van der Waals surface area contributed by atoms with Gasteiger partial charge in [0, 0.05) is 30.6 Å². The van der Waals surface area contributed by atoms with Crippen molar-refractivity contribution in [3.8, 4) is 23.1 Å². The molecule has 0 bridgehead atoms. The van der Waals surface area contributed by atoms with Crippen molar-refractivity contribution < 1.29 is 24.1 Å². The lowest BCUT2D eigenvalue weighted by Crippen LogP contribution is -2.04. The Morgan fingerprint density at radius 2 is 1.55 bits per heavy atom. The van der Waals surface area contributed by atoms with Gasteiger partial charge in [0.2, 0.25) is 5.69 Å². The molecule has 7 heteroatoms. The molecule has 0 unspecified atom stereocenters. The van der Waals surface area contributed by atoms with E-state index in [0.717, 1.165) is 0 Å². The first-order chi connectivity index (χ1) is 9.63. The first-order valence-electron chi connectivity index (χ1n) is 5.59. The van der Waals surface area contributed by atoms with Crippen molar-refractivity contribution in [3.05, 3.63) is 36.3 Å². The molecule has 7 nitrogen and oxygen atoms in total. The lowest BCUT2D eigenvalue weighted by molar-refractivity contribution is 0.0686. The minimum Gasteiger partial charge on any atom is -0.496 e. The van der Waals surface area contributed by atoms with Gasteiger partial charge in [0.1, 0.15) is 17.2 Å². The van der Waals surface area contributed by atoms with Gasteiger partial charge in [-0.25, -0.2) is 14.8 Å². The van der Waals surface area contributed by atoms with Crippen LogP contribution in [0.25, 0.3) is 0 Å². The summed E-state index contributed by atoms with van der Waals surface area (Å²) >= 11 is 0. The van der Waals surface area contributed by atoms with E-state index in [0.29, 0.717) is 17.2 Å². The molecule has 104 valence electrons. The Kier molecular flexibility index (Phi) is 3.99. The summed E-state index contributed by atoms with van der Waals surface area (Å²) in [5.41, 5.74) is -0.269. The molecule has 0 aliphatic rings. The number of rotatable bonds is 5. The third-order valence-corrected chi connectivity index (χ3v) is 2.41. The molecule has 0 spiro atoms. The molecule has 0 amide bonds. The molecule has 2 aromatic rings. The van der Waals surface area contributed by atoms with Crippen molar-refractivity contribution in [3.63, 3.8) is 0 Å². The summed E-state index contributed by atoms with van der Waals surface area (Å²) in [5.74, 6) is 0.0442. The molecule has 0 atom stereocenters. The van der Waals surface area contributed by atoms with Gasteiger partial charge in [0.25, 0.3) is 5.88 Å². The van der Waals surface area contributed by atoms with Gasteiger partial charge in [-0.05, 0) is 0 Å². The van der Waals surface area contributed by atoms with Gasteiger partial charge in [-0.1, -0.05) is 0 Å². The smallest absolute Gasteiger partial charge is 0.360 e. The van der Waals surface area contributed by atoms with Gasteiger partial charge in [-0.15, -0.1) is 0 Å². The minimum absolute atomic E-state index is 0.102. The van der Waals surface area contributed by atoms with Crippen molar-refractivity contribution in [2.45, 2.75) is 0 Å². The van der Waals surface area contributed by atoms with Crippen LogP contribution in [0, 0.1) is 0 Å². The second-order valence-corrected chi connectivity index (χ2v) is 3.67. The van der Waals surface area contributed by atoms with E-state index in [1.165, 1.54) is 26.6 Å². The van der Waals surface area contributed by atoms with Crippen LogP contribution in [0.5, 0.6) is 23.1 Å². The molecule has 0 fully saturated rings. The van der Waals surface area contributed by atoms with Crippen LogP contribution in [-0.2, 0) is 0 Å². The number of aromatic nitrogens is 2. The third-order valence-electron chi connectivity index (χ3n) is 2.41. The molecular formula is C13H12N2O5. The standard InChI is InChI=1S/C13H12N2O5/c1-18-8-5-9(19-2)7-10(6-8)20-12-11(13(16)17)14-3-4-15-12/h3-7H,1-2H3,(H,16,17). The molecule has 1 N–H and O–H groups in total. The van der Waals surface area contributed by atoms with Gasteiger partial charge >= 0.3 is 5.97 Å². The maximum absolute atomic E-state index is 11.0. The molecule has 1 aromatic heterocycles. The predicted octanol–water partition coefficient (Wildman–Crippen LogP) is 1.98. The zero-order valence-electron chi connectivity index (χ0n) is 10.9. The molecule has 1 heterocycles. The van der Waals surface area contributed by atoms with Crippen LogP contribution in [0.3, 0.4) is 0 Å². The average Bonchev–Trinajstić information content (AvgIpc) is 2.47. The van der Waals surface area contributed by atoms with Crippen LogP contribution in [0.4, 0.5) is 0 Å². The second-order valence-electron chi connectivity index (χ2n) is 3.67. The zero-order chi connectivity index (χ0) is 14.5. The Bertz CT molecular complexity index is 608. The number of carbonyl (C=O) groups is 1. The number of nitrogens with zero attached hydrogens (tertiary/aromatic N) is 2. The number of hydrogen-bond acceptors (Lipinski definition) is 6. The van der Waals surface area contributed by atoms with E-state index in [1.54, 1.807) is 18.2 Å². The van der Waals surface area contributed by atoms with Crippen LogP contribution >= 0.6 is 0 Å². The number of methoxy groups -OCH3 is 2. The monoisotopic (exact) mass is 276 g/mol. The highest BCUT2D eigenvalue weighted by atomic mass is 16.5. The van der Waals surface area contributed by atoms with Crippen LogP contribution in [-0.4, -0.2) is 35.3 Å². The van der Waals surface area contributed by atoms with Crippen molar-refractivity contribution in [2.75, 3.05) is 14.2 Å². The molecule has 20 heavy (non-hydrogen) atoms. The van der Waals surface area contributed by atoms with E-state index in [2.05, 4.69) is 9.97 Å². The fourth-order valence-electron chi connectivity index (χ4n) is 1.50. The van der Waals surface area contributed by atoms with E-state index in [4.69, 9.17) is 19.3 Å². The van der Waals surface area contributed by atoms with Crippen LogP contribution in [0.2, 0.25) is 0 Å². The Balaban J connectivity index is 2.37. The fraction of sp³-hybridized carbons (Fsp3) is 0.154. The van der Waals surface area contributed by atoms with Crippen LogP contribution in [0.15, 0.2) is 30.6 Å².